The Kier molecular flexibility index (Phi) is 5.58. The van der Waals surface area contributed by atoms with Crippen LogP contribution in [-0.4, -0.2) is 42.7 Å². The van der Waals surface area contributed by atoms with E-state index >= 15 is 0 Å². The molecule has 0 aliphatic heterocycles. The molecule has 0 radical (unpaired) electrons. The molecule has 0 aromatic heterocycles. The fourth-order valence-electron chi connectivity index (χ4n) is 0.320. The van der Waals surface area contributed by atoms with Crippen LogP contribution < -0.4 is 4.33 Å². The van der Waals surface area contributed by atoms with E-state index in [-0.39, 0.29) is 10.4 Å². The molecule has 6 heteroatoms. The molecular formula is C5H9NO3SSe. The van der Waals surface area contributed by atoms with Crippen LogP contribution in [0.4, 0.5) is 0 Å². The third-order valence-corrected chi connectivity index (χ3v) is 2.64. The molecule has 4 nitrogen and oxygen atoms in total. The monoisotopic (exact) mass is 243 g/mol. The van der Waals surface area contributed by atoms with Gasteiger partial charge in [0.05, 0.1) is 0 Å². The molecule has 64 valence electrons. The van der Waals surface area contributed by atoms with Gasteiger partial charge in [-0.05, 0) is 0 Å². The number of thiol groups is 1. The molecular weight excluding hydrogens is 233 g/mol. The summed E-state index contributed by atoms with van der Waals surface area (Å²) in [6, 6.07) is -0.706. The standard InChI is InChI=1S/C5H9NO3SSe/c1-3(7)11-6-4(2-10)5(8)9/h4,6,10H,2H2,1H3,(H,8,9). The van der Waals surface area contributed by atoms with Gasteiger partial charge in [0, 0.05) is 0 Å². The summed E-state index contributed by atoms with van der Waals surface area (Å²) >= 11 is 3.37. The van der Waals surface area contributed by atoms with E-state index in [4.69, 9.17) is 5.11 Å². The molecule has 0 heterocycles. The normalized spacial score (nSPS) is 12.5. The Hall–Kier alpha value is -0.0305. The van der Waals surface area contributed by atoms with E-state index in [0.29, 0.717) is 0 Å². The molecule has 0 aromatic rings. The first-order valence-corrected chi connectivity index (χ1v) is 5.19. The third-order valence-electron chi connectivity index (χ3n) is 0.826. The number of hydrogen-bond acceptors (Lipinski definition) is 4. The Morgan fingerprint density at radius 2 is 2.27 bits per heavy atom. The van der Waals surface area contributed by atoms with Crippen molar-refractivity contribution in [3.8, 4) is 0 Å². The summed E-state index contributed by atoms with van der Waals surface area (Å²) in [6.45, 7) is 1.42. The molecule has 0 aliphatic rings. The second-order valence-electron chi connectivity index (χ2n) is 1.78. The molecule has 1 unspecified atom stereocenters. The summed E-state index contributed by atoms with van der Waals surface area (Å²) in [6.07, 6.45) is 0. The molecule has 2 N–H and O–H groups in total. The van der Waals surface area contributed by atoms with E-state index in [1.807, 2.05) is 0 Å². The Morgan fingerprint density at radius 1 is 1.73 bits per heavy atom. The van der Waals surface area contributed by atoms with Crippen LogP contribution in [0.1, 0.15) is 6.92 Å². The average molecular weight is 242 g/mol. The van der Waals surface area contributed by atoms with Gasteiger partial charge in [-0.2, -0.15) is 0 Å². The first-order valence-electron chi connectivity index (χ1n) is 2.84. The average Bonchev–Trinajstić information content (AvgIpc) is 1.87. The van der Waals surface area contributed by atoms with Crippen molar-refractivity contribution in [1.29, 1.82) is 0 Å². The van der Waals surface area contributed by atoms with Crippen molar-refractivity contribution in [2.45, 2.75) is 13.0 Å². The fourth-order valence-corrected chi connectivity index (χ4v) is 1.88. The van der Waals surface area contributed by atoms with E-state index < -0.39 is 27.2 Å². The molecule has 0 amide bonds. The van der Waals surface area contributed by atoms with Crippen LogP contribution in [0, 0.1) is 0 Å². The Balaban J connectivity index is 3.70. The maximum absolute atomic E-state index is 10.4. The van der Waals surface area contributed by atoms with Gasteiger partial charge in [-0.25, -0.2) is 0 Å². The predicted molar refractivity (Wildman–Crippen MR) is 44.8 cm³/mol. The zero-order valence-electron chi connectivity index (χ0n) is 5.90. The topological polar surface area (TPSA) is 66.4 Å². The van der Waals surface area contributed by atoms with Gasteiger partial charge < -0.3 is 0 Å². The molecule has 11 heavy (non-hydrogen) atoms. The van der Waals surface area contributed by atoms with Crippen LogP contribution in [-0.2, 0) is 9.59 Å². The molecule has 0 bridgehead atoms. The summed E-state index contributed by atoms with van der Waals surface area (Å²) in [4.78, 5) is 20.8. The van der Waals surface area contributed by atoms with Gasteiger partial charge in [0.1, 0.15) is 0 Å². The van der Waals surface area contributed by atoms with Crippen molar-refractivity contribution in [1.82, 2.24) is 4.33 Å². The van der Waals surface area contributed by atoms with E-state index in [9.17, 15) is 9.59 Å². The van der Waals surface area contributed by atoms with E-state index in [1.54, 1.807) is 0 Å². The van der Waals surface area contributed by atoms with E-state index in [2.05, 4.69) is 17.0 Å². The van der Waals surface area contributed by atoms with Crippen molar-refractivity contribution < 1.29 is 14.7 Å². The number of carboxylic acid groups (broad SMARTS) is 1. The molecule has 0 rings (SSSR count). The van der Waals surface area contributed by atoms with Crippen molar-refractivity contribution >= 4 is 38.5 Å². The number of hydrogen-bond donors (Lipinski definition) is 3. The van der Waals surface area contributed by atoms with Gasteiger partial charge in [-0.15, -0.1) is 0 Å². The van der Waals surface area contributed by atoms with Crippen LogP contribution in [0.25, 0.3) is 0 Å². The van der Waals surface area contributed by atoms with E-state index in [1.165, 1.54) is 6.92 Å². The van der Waals surface area contributed by atoms with Crippen LogP contribution in [0.2, 0.25) is 0 Å². The second kappa shape index (κ2) is 5.60. The molecule has 1 atom stereocenters. The van der Waals surface area contributed by atoms with Crippen LogP contribution in [0.5, 0.6) is 0 Å². The minimum atomic E-state index is -0.969. The molecule has 0 aromatic carbocycles. The quantitative estimate of drug-likeness (QED) is 0.433. The van der Waals surface area contributed by atoms with Gasteiger partial charge in [-0.3, -0.25) is 0 Å². The Labute approximate surface area is 76.5 Å². The zero-order valence-corrected chi connectivity index (χ0v) is 8.51. The Morgan fingerprint density at radius 3 is 2.55 bits per heavy atom. The van der Waals surface area contributed by atoms with Crippen molar-refractivity contribution in [2.75, 3.05) is 5.75 Å². The number of carbonyl (C=O) groups is 2. The summed E-state index contributed by atoms with van der Waals surface area (Å²) in [5.74, 6) is -0.771. The van der Waals surface area contributed by atoms with E-state index in [0.717, 1.165) is 0 Å². The Bertz CT molecular complexity index is 164. The molecule has 0 saturated heterocycles. The van der Waals surface area contributed by atoms with Gasteiger partial charge in [0.25, 0.3) is 0 Å². The number of carboxylic acids is 1. The summed E-state index contributed by atoms with van der Waals surface area (Å²) in [5, 5.41) is 8.47. The molecule has 0 aliphatic carbocycles. The summed E-state index contributed by atoms with van der Waals surface area (Å²) in [7, 11) is 0. The summed E-state index contributed by atoms with van der Waals surface area (Å²) < 4.78 is 2.58. The molecule has 0 spiro atoms. The van der Waals surface area contributed by atoms with Gasteiger partial charge in [0.15, 0.2) is 0 Å². The van der Waals surface area contributed by atoms with Gasteiger partial charge in [0.2, 0.25) is 0 Å². The first-order chi connectivity index (χ1) is 5.07. The SMILES string of the molecule is CC(=O)[Se]NC(CS)C(=O)O. The first kappa shape index (κ1) is 11.0. The molecule has 0 fully saturated rings. The van der Waals surface area contributed by atoms with Crippen molar-refractivity contribution in [2.24, 2.45) is 0 Å². The predicted octanol–water partition coefficient (Wildman–Crippen LogP) is -0.875. The second-order valence-corrected chi connectivity index (χ2v) is 4.28. The number of carbonyl (C=O) groups excluding carboxylic acids is 1. The zero-order chi connectivity index (χ0) is 8.85. The fraction of sp³-hybridized carbons (Fsp3) is 0.600. The number of aliphatic carboxylic acids is 1. The van der Waals surface area contributed by atoms with Crippen molar-refractivity contribution in [3.05, 3.63) is 0 Å². The minimum absolute atomic E-state index is 0.0227. The van der Waals surface area contributed by atoms with Crippen molar-refractivity contribution in [3.63, 3.8) is 0 Å². The van der Waals surface area contributed by atoms with Gasteiger partial charge >= 0.3 is 76.2 Å². The van der Waals surface area contributed by atoms with Crippen LogP contribution in [0.15, 0.2) is 0 Å². The number of nitrogens with one attached hydrogen (secondary N) is 1. The third kappa shape index (κ3) is 5.26. The number of rotatable bonds is 5. The maximum atomic E-state index is 10.4. The van der Waals surface area contributed by atoms with Crippen LogP contribution in [0.3, 0.4) is 0 Å². The van der Waals surface area contributed by atoms with Gasteiger partial charge in [-0.1, -0.05) is 0 Å². The summed E-state index contributed by atoms with van der Waals surface area (Å²) in [5.41, 5.74) is 0. The molecule has 0 saturated carbocycles. The van der Waals surface area contributed by atoms with Crippen LogP contribution >= 0.6 is 12.6 Å².